The Balaban J connectivity index is 1.44. The van der Waals surface area contributed by atoms with Crippen molar-refractivity contribution in [3.8, 4) is 11.8 Å². The molecule has 0 bridgehead atoms. The van der Waals surface area contributed by atoms with Gasteiger partial charge in [0, 0.05) is 19.2 Å². The van der Waals surface area contributed by atoms with Gasteiger partial charge >= 0.3 is 5.97 Å². The zero-order valence-corrected chi connectivity index (χ0v) is 23.6. The number of phenols is 1. The van der Waals surface area contributed by atoms with Crippen LogP contribution in [0.25, 0.3) is 0 Å². The Kier molecular flexibility index (Phi) is 8.29. The van der Waals surface area contributed by atoms with Crippen LogP contribution in [0.5, 0.6) is 5.75 Å². The Labute approximate surface area is 243 Å². The third-order valence-electron chi connectivity index (χ3n) is 8.10. The number of carbonyl (C=O) groups is 2. The fourth-order valence-electron chi connectivity index (χ4n) is 5.68. The van der Waals surface area contributed by atoms with Crippen molar-refractivity contribution in [1.82, 2.24) is 4.90 Å². The first-order chi connectivity index (χ1) is 20.1. The molecule has 1 heterocycles. The summed E-state index contributed by atoms with van der Waals surface area (Å²) in [5.41, 5.74) is 0.997. The lowest BCUT2D eigenvalue weighted by molar-refractivity contribution is -0.127. The minimum atomic E-state index is -4.71. The summed E-state index contributed by atoms with van der Waals surface area (Å²) in [4.78, 5) is 26.7. The van der Waals surface area contributed by atoms with Crippen LogP contribution in [-0.4, -0.2) is 48.0 Å². The molecule has 5 rings (SSSR count). The molecule has 2 N–H and O–H groups in total. The summed E-state index contributed by atoms with van der Waals surface area (Å²) in [6.07, 6.45) is 6.47. The average Bonchev–Trinajstić information content (AvgIpc) is 2.96. The normalized spacial score (nSPS) is 17.7. The molecule has 0 spiro atoms. The molecule has 9 nitrogen and oxygen atoms in total. The maximum Gasteiger partial charge on any atom is 0.339 e. The topological polar surface area (TPSA) is 139 Å². The van der Waals surface area contributed by atoms with Crippen LogP contribution >= 0.6 is 0 Å². The summed E-state index contributed by atoms with van der Waals surface area (Å²) in [6.45, 7) is 0.959. The summed E-state index contributed by atoms with van der Waals surface area (Å²) < 4.78 is 42.2. The van der Waals surface area contributed by atoms with Crippen molar-refractivity contribution >= 4 is 27.6 Å². The lowest BCUT2D eigenvalue weighted by Crippen LogP contribution is -2.57. The van der Waals surface area contributed by atoms with E-state index in [0.717, 1.165) is 42.0 Å². The van der Waals surface area contributed by atoms with Gasteiger partial charge in [0.2, 0.25) is 0 Å². The number of aromatic hydroxyl groups is 1. The fourth-order valence-corrected chi connectivity index (χ4v) is 7.15. The highest BCUT2D eigenvalue weighted by Gasteiger charge is 2.42. The molecule has 1 aliphatic heterocycles. The molecule has 2 fully saturated rings. The molecule has 1 saturated carbocycles. The molecule has 218 valence electrons. The number of rotatable bonds is 8. The Hall–Kier alpha value is -4.27. The molecule has 2 aliphatic rings. The SMILES string of the molecule is N#Cc1cc(S(=O)(=O)N(C(=O)C2CCN2Cc2ccc(C3CCCCC3)cc2)c2ccc(C(=O)O)c(O)c2)ccc1F. The van der Waals surface area contributed by atoms with E-state index in [0.29, 0.717) is 29.7 Å². The van der Waals surface area contributed by atoms with Crippen LogP contribution in [0.4, 0.5) is 10.1 Å². The number of carboxylic acids is 1. The summed E-state index contributed by atoms with van der Waals surface area (Å²) >= 11 is 0. The van der Waals surface area contributed by atoms with Gasteiger partial charge in [-0.05, 0) is 66.6 Å². The first-order valence-corrected chi connectivity index (χ1v) is 15.2. The number of sulfonamides is 1. The Morgan fingerprint density at radius 2 is 1.71 bits per heavy atom. The van der Waals surface area contributed by atoms with Crippen molar-refractivity contribution in [2.45, 2.75) is 61.9 Å². The van der Waals surface area contributed by atoms with E-state index in [2.05, 4.69) is 12.1 Å². The number of hydrogen-bond donors (Lipinski definition) is 2. The second-order valence-electron chi connectivity index (χ2n) is 10.7. The van der Waals surface area contributed by atoms with Gasteiger partial charge in [-0.15, -0.1) is 0 Å². The third kappa shape index (κ3) is 5.73. The van der Waals surface area contributed by atoms with Crippen LogP contribution in [0.2, 0.25) is 0 Å². The number of halogens is 1. The fraction of sp³-hybridized carbons (Fsp3) is 0.323. The molecular weight excluding hydrogens is 561 g/mol. The number of nitriles is 1. The van der Waals surface area contributed by atoms with E-state index in [-0.39, 0.29) is 5.69 Å². The van der Waals surface area contributed by atoms with Crippen LogP contribution in [0.15, 0.2) is 65.6 Å². The minimum Gasteiger partial charge on any atom is -0.507 e. The summed E-state index contributed by atoms with van der Waals surface area (Å²) in [5.74, 6) is -3.34. The predicted octanol–water partition coefficient (Wildman–Crippen LogP) is 5.15. The number of hydrogen-bond acceptors (Lipinski definition) is 7. The highest BCUT2D eigenvalue weighted by molar-refractivity contribution is 7.93. The van der Waals surface area contributed by atoms with Gasteiger partial charge in [0.05, 0.1) is 22.2 Å². The van der Waals surface area contributed by atoms with Crippen LogP contribution < -0.4 is 4.31 Å². The molecular formula is C31H30FN3O6S. The molecule has 1 amide bonds. The molecule has 0 aromatic heterocycles. The Morgan fingerprint density at radius 3 is 2.31 bits per heavy atom. The Bertz CT molecular complexity index is 1660. The molecule has 0 radical (unpaired) electrons. The summed E-state index contributed by atoms with van der Waals surface area (Å²) in [5, 5.41) is 28.8. The van der Waals surface area contributed by atoms with Crippen LogP contribution in [0.3, 0.4) is 0 Å². The van der Waals surface area contributed by atoms with Gasteiger partial charge < -0.3 is 10.2 Å². The zero-order chi connectivity index (χ0) is 30.0. The van der Waals surface area contributed by atoms with Crippen molar-refractivity contribution in [1.29, 1.82) is 5.26 Å². The van der Waals surface area contributed by atoms with Gasteiger partial charge in [-0.3, -0.25) is 9.69 Å². The third-order valence-corrected chi connectivity index (χ3v) is 9.82. The number of anilines is 1. The number of carboxylic acid groups (broad SMARTS) is 1. The highest BCUT2D eigenvalue weighted by Crippen LogP contribution is 2.35. The number of nitrogens with zero attached hydrogens (tertiary/aromatic N) is 3. The highest BCUT2D eigenvalue weighted by atomic mass is 32.2. The lowest BCUT2D eigenvalue weighted by Gasteiger charge is -2.42. The van der Waals surface area contributed by atoms with Gasteiger partial charge in [0.15, 0.2) is 0 Å². The van der Waals surface area contributed by atoms with Crippen molar-refractivity contribution in [2.24, 2.45) is 0 Å². The standard InChI is InChI=1S/C31H30FN3O6S/c32-27-13-11-25(16-23(27)18-33)42(40,41)35(24-10-12-26(31(38)39)29(36)17-24)30(37)28-14-15-34(28)19-20-6-8-22(9-7-20)21-4-2-1-3-5-21/h6-13,16-17,21,28,36H,1-5,14-15,19H2,(H,38,39). The van der Waals surface area contributed by atoms with E-state index in [1.807, 2.05) is 17.0 Å². The summed E-state index contributed by atoms with van der Waals surface area (Å²) in [7, 11) is -4.71. The molecule has 3 aromatic rings. The number of amides is 1. The van der Waals surface area contributed by atoms with Gasteiger partial charge in [-0.2, -0.15) is 5.26 Å². The molecule has 1 atom stereocenters. The smallest absolute Gasteiger partial charge is 0.339 e. The van der Waals surface area contributed by atoms with E-state index < -0.39 is 55.5 Å². The van der Waals surface area contributed by atoms with Crippen molar-refractivity contribution < 1.29 is 32.6 Å². The minimum absolute atomic E-state index is 0.283. The summed E-state index contributed by atoms with van der Waals surface area (Å²) in [6, 6.07) is 14.7. The van der Waals surface area contributed by atoms with E-state index in [1.54, 1.807) is 6.07 Å². The van der Waals surface area contributed by atoms with Crippen molar-refractivity contribution in [2.75, 3.05) is 10.8 Å². The van der Waals surface area contributed by atoms with Crippen LogP contribution in [-0.2, 0) is 21.4 Å². The quantitative estimate of drug-likeness (QED) is 0.367. The molecule has 3 aromatic carbocycles. The van der Waals surface area contributed by atoms with Crippen LogP contribution in [0.1, 0.15) is 71.5 Å². The number of aromatic carboxylic acids is 1. The monoisotopic (exact) mass is 591 g/mol. The molecule has 1 saturated heterocycles. The zero-order valence-electron chi connectivity index (χ0n) is 22.7. The number of likely N-dealkylation sites (tertiary alicyclic amines) is 1. The largest absolute Gasteiger partial charge is 0.507 e. The maximum absolute atomic E-state index is 14.0. The van der Waals surface area contributed by atoms with Gasteiger partial charge in [-0.25, -0.2) is 21.9 Å². The molecule has 42 heavy (non-hydrogen) atoms. The van der Waals surface area contributed by atoms with Gasteiger partial charge in [0.25, 0.3) is 15.9 Å². The molecule has 1 unspecified atom stereocenters. The maximum atomic E-state index is 14.0. The first kappa shape index (κ1) is 29.2. The molecule has 1 aliphatic carbocycles. The van der Waals surface area contributed by atoms with Crippen molar-refractivity contribution in [3.05, 3.63) is 88.7 Å². The van der Waals surface area contributed by atoms with E-state index in [1.165, 1.54) is 37.7 Å². The second-order valence-corrected chi connectivity index (χ2v) is 12.5. The second kappa shape index (κ2) is 11.9. The Morgan fingerprint density at radius 1 is 1.00 bits per heavy atom. The van der Waals surface area contributed by atoms with E-state index in [9.17, 15) is 37.9 Å². The molecule has 11 heteroatoms. The first-order valence-electron chi connectivity index (χ1n) is 13.8. The predicted molar refractivity (Wildman–Crippen MR) is 152 cm³/mol. The van der Waals surface area contributed by atoms with E-state index >= 15 is 0 Å². The number of benzene rings is 3. The lowest BCUT2D eigenvalue weighted by atomic mass is 9.84. The van der Waals surface area contributed by atoms with Gasteiger partial charge in [0.1, 0.15) is 23.2 Å². The average molecular weight is 592 g/mol. The van der Waals surface area contributed by atoms with E-state index in [4.69, 9.17) is 0 Å². The van der Waals surface area contributed by atoms with Gasteiger partial charge in [-0.1, -0.05) is 43.5 Å². The van der Waals surface area contributed by atoms with Crippen molar-refractivity contribution in [3.63, 3.8) is 0 Å². The van der Waals surface area contributed by atoms with Crippen LogP contribution in [0, 0.1) is 17.1 Å². The number of carbonyl (C=O) groups excluding carboxylic acids is 1.